The fourth-order valence-corrected chi connectivity index (χ4v) is 4.83. The number of carbonyl (C=O) groups excluding carboxylic acids is 2. The average Bonchev–Trinajstić information content (AvgIpc) is 2.91. The molecule has 0 radical (unpaired) electrons. The molecule has 2 aliphatic rings. The van der Waals surface area contributed by atoms with Crippen LogP contribution in [0, 0.1) is 5.92 Å². The summed E-state index contributed by atoms with van der Waals surface area (Å²) in [5.74, 6) is 1.37. The van der Waals surface area contributed by atoms with Gasteiger partial charge in [0.25, 0.3) is 0 Å². The Balaban J connectivity index is 1.41. The third-order valence-corrected chi connectivity index (χ3v) is 6.88. The van der Waals surface area contributed by atoms with Crippen molar-refractivity contribution in [3.63, 3.8) is 0 Å². The van der Waals surface area contributed by atoms with Gasteiger partial charge in [0.2, 0.25) is 11.8 Å². The topological polar surface area (TPSA) is 90.5 Å². The first-order valence-electron chi connectivity index (χ1n) is 12.5. The molecule has 2 amide bonds. The lowest BCUT2D eigenvalue weighted by Gasteiger charge is -2.41. The maximum absolute atomic E-state index is 13.2. The summed E-state index contributed by atoms with van der Waals surface area (Å²) in [5, 5.41) is 7.43. The highest BCUT2D eigenvalue weighted by atomic mass is 16.2. The quantitative estimate of drug-likeness (QED) is 0.556. The van der Waals surface area contributed by atoms with Gasteiger partial charge < -0.3 is 15.5 Å². The molecule has 0 saturated carbocycles. The number of nitrogens with one attached hydrogen (secondary N) is 2. The third kappa shape index (κ3) is 5.23. The number of hydrogen-bond donors (Lipinski definition) is 2. The van der Waals surface area contributed by atoms with Crippen LogP contribution in [-0.2, 0) is 16.1 Å². The van der Waals surface area contributed by atoms with Crippen molar-refractivity contribution in [2.24, 2.45) is 5.92 Å². The van der Waals surface area contributed by atoms with E-state index in [4.69, 9.17) is 9.97 Å². The van der Waals surface area contributed by atoms with Crippen molar-refractivity contribution in [1.82, 2.24) is 25.1 Å². The Kier molecular flexibility index (Phi) is 6.95. The van der Waals surface area contributed by atoms with Gasteiger partial charge >= 0.3 is 0 Å². The lowest BCUT2D eigenvalue weighted by atomic mass is 10.0. The van der Waals surface area contributed by atoms with Crippen LogP contribution in [0.1, 0.15) is 25.2 Å². The number of rotatable bonds is 3. The number of nitrogens with zero attached hydrogens (tertiary/aromatic N) is 4. The van der Waals surface area contributed by atoms with Crippen molar-refractivity contribution in [2.45, 2.75) is 32.5 Å². The molecule has 2 aliphatic heterocycles. The van der Waals surface area contributed by atoms with Crippen LogP contribution < -0.4 is 10.6 Å². The maximum atomic E-state index is 13.2. The average molecular weight is 485 g/mol. The van der Waals surface area contributed by atoms with E-state index in [0.717, 1.165) is 16.5 Å². The Labute approximate surface area is 211 Å². The van der Waals surface area contributed by atoms with Crippen LogP contribution in [0.3, 0.4) is 0 Å². The molecule has 3 heterocycles. The maximum Gasteiger partial charge on any atom is 0.246 e. The molecule has 2 aromatic carbocycles. The number of benzene rings is 2. The zero-order chi connectivity index (χ0) is 25.1. The predicted molar refractivity (Wildman–Crippen MR) is 141 cm³/mol. The van der Waals surface area contributed by atoms with E-state index in [1.54, 1.807) is 6.08 Å². The summed E-state index contributed by atoms with van der Waals surface area (Å²) in [7, 11) is 0. The van der Waals surface area contributed by atoms with Crippen LogP contribution in [0.5, 0.6) is 0 Å². The summed E-state index contributed by atoms with van der Waals surface area (Å²) in [4.78, 5) is 40.0. The molecule has 2 atom stereocenters. The molecule has 1 fully saturated rings. The first-order valence-corrected chi connectivity index (χ1v) is 12.5. The monoisotopic (exact) mass is 484 g/mol. The van der Waals surface area contributed by atoms with Crippen molar-refractivity contribution in [3.8, 4) is 0 Å². The van der Waals surface area contributed by atoms with Crippen molar-refractivity contribution in [1.29, 1.82) is 0 Å². The van der Waals surface area contributed by atoms with Crippen molar-refractivity contribution < 1.29 is 9.59 Å². The molecule has 2 N–H and O–H groups in total. The minimum atomic E-state index is -0.433. The lowest BCUT2D eigenvalue weighted by Crippen LogP contribution is -2.58. The lowest BCUT2D eigenvalue weighted by molar-refractivity contribution is -0.129. The molecule has 0 aliphatic carbocycles. The van der Waals surface area contributed by atoms with Gasteiger partial charge in [-0.05, 0) is 29.7 Å². The van der Waals surface area contributed by atoms with Gasteiger partial charge in [-0.1, -0.05) is 56.3 Å². The first-order chi connectivity index (χ1) is 17.5. The number of fused-ring (bicyclic) bond motifs is 5. The number of aromatic nitrogens is 2. The Morgan fingerprint density at radius 2 is 1.83 bits per heavy atom. The summed E-state index contributed by atoms with van der Waals surface area (Å²) >= 11 is 0. The summed E-state index contributed by atoms with van der Waals surface area (Å²) in [6, 6.07) is 17.2. The van der Waals surface area contributed by atoms with Gasteiger partial charge in [0.05, 0.1) is 12.1 Å². The predicted octanol–water partition coefficient (Wildman–Crippen LogP) is 2.92. The Hall–Kier alpha value is -3.78. The smallest absolute Gasteiger partial charge is 0.246 e. The second kappa shape index (κ2) is 10.5. The highest BCUT2D eigenvalue weighted by Gasteiger charge is 2.32. The number of piperazine rings is 1. The molecule has 3 aromatic rings. The molecule has 36 heavy (non-hydrogen) atoms. The van der Waals surface area contributed by atoms with Gasteiger partial charge in [-0.2, -0.15) is 0 Å². The highest BCUT2D eigenvalue weighted by Crippen LogP contribution is 2.24. The van der Waals surface area contributed by atoms with Crippen LogP contribution >= 0.6 is 0 Å². The summed E-state index contributed by atoms with van der Waals surface area (Å²) in [6.45, 7) is 6.85. The van der Waals surface area contributed by atoms with Crippen LogP contribution in [0.25, 0.3) is 17.0 Å². The molecule has 1 saturated heterocycles. The molecule has 186 valence electrons. The van der Waals surface area contributed by atoms with E-state index in [1.165, 1.54) is 0 Å². The molecular formula is C28H32N6O2. The molecule has 1 aromatic heterocycles. The van der Waals surface area contributed by atoms with E-state index < -0.39 is 6.04 Å². The fourth-order valence-electron chi connectivity index (χ4n) is 4.83. The summed E-state index contributed by atoms with van der Waals surface area (Å²) < 4.78 is 0. The first kappa shape index (κ1) is 23.9. The van der Waals surface area contributed by atoms with Gasteiger partial charge in [-0.25, -0.2) is 9.97 Å². The highest BCUT2D eigenvalue weighted by molar-refractivity contribution is 5.93. The Morgan fingerprint density at radius 1 is 1.06 bits per heavy atom. The Morgan fingerprint density at radius 3 is 2.64 bits per heavy atom. The SMILES string of the molecule is CC(C)[C@@H]1Nc2nc(nc3ccccc23)CN2CCN(C(=O)/C=C/c3ccccc3)CC2CNC1=O. The van der Waals surface area contributed by atoms with E-state index in [2.05, 4.69) is 15.5 Å². The van der Waals surface area contributed by atoms with E-state index in [-0.39, 0.29) is 23.8 Å². The molecule has 1 unspecified atom stereocenters. The number of carbonyl (C=O) groups is 2. The van der Waals surface area contributed by atoms with E-state index in [1.807, 2.05) is 79.4 Å². The van der Waals surface area contributed by atoms with Gasteiger partial charge in [0.15, 0.2) is 0 Å². The molecule has 8 nitrogen and oxygen atoms in total. The molecule has 5 rings (SSSR count). The van der Waals surface area contributed by atoms with E-state index in [0.29, 0.717) is 44.4 Å². The van der Waals surface area contributed by atoms with Gasteiger partial charge in [-0.15, -0.1) is 0 Å². The van der Waals surface area contributed by atoms with Gasteiger partial charge in [0.1, 0.15) is 17.7 Å². The van der Waals surface area contributed by atoms with Gasteiger partial charge in [-0.3, -0.25) is 14.5 Å². The third-order valence-electron chi connectivity index (χ3n) is 6.88. The second-order valence-electron chi connectivity index (χ2n) is 9.77. The Bertz CT molecular complexity index is 1280. The van der Waals surface area contributed by atoms with Crippen LogP contribution in [0.4, 0.5) is 5.82 Å². The molecule has 8 heteroatoms. The summed E-state index contributed by atoms with van der Waals surface area (Å²) in [6.07, 6.45) is 3.48. The van der Waals surface area contributed by atoms with Gasteiger partial charge in [0, 0.05) is 43.7 Å². The second-order valence-corrected chi connectivity index (χ2v) is 9.77. The van der Waals surface area contributed by atoms with Crippen molar-refractivity contribution in [2.75, 3.05) is 31.5 Å². The zero-order valence-corrected chi connectivity index (χ0v) is 20.7. The number of anilines is 1. The zero-order valence-electron chi connectivity index (χ0n) is 20.7. The van der Waals surface area contributed by atoms with Crippen molar-refractivity contribution in [3.05, 3.63) is 72.1 Å². The number of para-hydroxylation sites is 1. The van der Waals surface area contributed by atoms with Crippen LogP contribution in [0.15, 0.2) is 60.7 Å². The minimum absolute atomic E-state index is 0.0230. The standard InChI is InChI=1S/C28H32N6O2/c1-19(2)26-28(36)29-16-21-17-34(25(35)13-12-20-8-4-3-5-9-20)15-14-33(21)18-24-30-23-11-7-6-10-22(23)27(31-24)32-26/h3-13,19,21,26H,14-18H2,1-2H3,(H,29,36)(H,30,31,32)/b13-12+/t21?,26-/m0/s1. The molecule has 0 spiro atoms. The van der Waals surface area contributed by atoms with Crippen molar-refractivity contribution >= 4 is 34.6 Å². The number of amides is 2. The van der Waals surface area contributed by atoms with Crippen LogP contribution in [0.2, 0.25) is 0 Å². The molecular weight excluding hydrogens is 452 g/mol. The fraction of sp³-hybridized carbons (Fsp3) is 0.357. The summed E-state index contributed by atoms with van der Waals surface area (Å²) in [5.41, 5.74) is 1.84. The number of hydrogen-bond acceptors (Lipinski definition) is 6. The van der Waals surface area contributed by atoms with Crippen LogP contribution in [-0.4, -0.2) is 69.8 Å². The minimum Gasteiger partial charge on any atom is -0.358 e. The normalized spacial score (nSPS) is 21.1. The van der Waals surface area contributed by atoms with E-state index >= 15 is 0 Å². The largest absolute Gasteiger partial charge is 0.358 e. The van der Waals surface area contributed by atoms with E-state index in [9.17, 15) is 9.59 Å². The molecule has 2 bridgehead atoms.